The van der Waals surface area contributed by atoms with E-state index in [-0.39, 0.29) is 0 Å². The minimum absolute atomic E-state index is 0.370. The molecule has 4 heteroatoms. The molecule has 0 aromatic carbocycles. The van der Waals surface area contributed by atoms with Crippen LogP contribution in [0.1, 0.15) is 59.2 Å². The molecule has 0 saturated carbocycles. The van der Waals surface area contributed by atoms with Crippen LogP contribution in [0, 0.1) is 5.92 Å². The van der Waals surface area contributed by atoms with Crippen molar-refractivity contribution in [1.82, 2.24) is 15.1 Å². The Hall–Kier alpha value is -1.03. The first-order chi connectivity index (χ1) is 9.51. The van der Waals surface area contributed by atoms with Crippen LogP contribution in [-0.4, -0.2) is 29.5 Å². The van der Waals surface area contributed by atoms with E-state index in [4.69, 9.17) is 4.74 Å². The van der Waals surface area contributed by atoms with Crippen molar-refractivity contribution >= 4 is 0 Å². The normalized spacial score (nSPS) is 13.2. The SMILES string of the molecule is CCCNC(CCc1c(OC)cnn1C(C)C)C(C)C. The minimum atomic E-state index is 0.370. The molecule has 0 spiro atoms. The number of nitrogens with zero attached hydrogens (tertiary/aromatic N) is 2. The summed E-state index contributed by atoms with van der Waals surface area (Å²) in [5.41, 5.74) is 1.21. The maximum atomic E-state index is 5.45. The zero-order valence-electron chi connectivity index (χ0n) is 13.9. The van der Waals surface area contributed by atoms with Gasteiger partial charge in [-0.25, -0.2) is 0 Å². The highest BCUT2D eigenvalue weighted by Gasteiger charge is 2.17. The van der Waals surface area contributed by atoms with Crippen LogP contribution < -0.4 is 10.1 Å². The number of aromatic nitrogens is 2. The number of methoxy groups -OCH3 is 1. The van der Waals surface area contributed by atoms with E-state index in [1.54, 1.807) is 7.11 Å². The van der Waals surface area contributed by atoms with Crippen molar-refractivity contribution in [2.75, 3.05) is 13.7 Å². The molecule has 1 N–H and O–H groups in total. The summed E-state index contributed by atoms with van der Waals surface area (Å²) in [7, 11) is 1.72. The van der Waals surface area contributed by atoms with Gasteiger partial charge < -0.3 is 10.1 Å². The molecule has 0 aliphatic carbocycles. The minimum Gasteiger partial charge on any atom is -0.493 e. The van der Waals surface area contributed by atoms with E-state index in [2.05, 4.69) is 49.7 Å². The van der Waals surface area contributed by atoms with Crippen molar-refractivity contribution in [3.8, 4) is 5.75 Å². The molecule has 1 atom stereocenters. The van der Waals surface area contributed by atoms with Gasteiger partial charge in [0.1, 0.15) is 0 Å². The highest BCUT2D eigenvalue weighted by Crippen LogP contribution is 2.23. The summed E-state index contributed by atoms with van der Waals surface area (Å²) in [6.07, 6.45) is 5.13. The van der Waals surface area contributed by atoms with Gasteiger partial charge in [0.25, 0.3) is 0 Å². The Labute approximate surface area is 123 Å². The summed E-state index contributed by atoms with van der Waals surface area (Å²) < 4.78 is 7.53. The average Bonchev–Trinajstić information content (AvgIpc) is 2.81. The molecule has 1 aromatic heterocycles. The number of hydrogen-bond acceptors (Lipinski definition) is 3. The fraction of sp³-hybridized carbons (Fsp3) is 0.812. The second kappa shape index (κ2) is 8.30. The van der Waals surface area contributed by atoms with E-state index in [0.717, 1.165) is 25.1 Å². The van der Waals surface area contributed by atoms with Crippen LogP contribution in [0.25, 0.3) is 0 Å². The lowest BCUT2D eigenvalue weighted by atomic mass is 9.98. The molecule has 20 heavy (non-hydrogen) atoms. The van der Waals surface area contributed by atoms with E-state index >= 15 is 0 Å². The Morgan fingerprint density at radius 2 is 2.00 bits per heavy atom. The molecule has 1 unspecified atom stereocenters. The van der Waals surface area contributed by atoms with Crippen LogP contribution in [0.4, 0.5) is 0 Å². The van der Waals surface area contributed by atoms with Gasteiger partial charge >= 0.3 is 0 Å². The number of rotatable bonds is 9. The van der Waals surface area contributed by atoms with Gasteiger partial charge in [0.2, 0.25) is 0 Å². The van der Waals surface area contributed by atoms with Crippen LogP contribution in [0.3, 0.4) is 0 Å². The van der Waals surface area contributed by atoms with E-state index in [9.17, 15) is 0 Å². The monoisotopic (exact) mass is 281 g/mol. The van der Waals surface area contributed by atoms with Gasteiger partial charge in [0.15, 0.2) is 5.75 Å². The standard InChI is InChI=1S/C16H31N3O/c1-7-10-17-14(12(2)3)8-9-15-16(20-6)11-18-19(15)13(4)5/h11-14,17H,7-10H2,1-6H3. The first kappa shape index (κ1) is 17.0. The third-order valence-electron chi connectivity index (χ3n) is 3.72. The predicted octanol–water partition coefficient (Wildman–Crippen LogP) is 3.43. The second-order valence-corrected chi connectivity index (χ2v) is 6.04. The maximum Gasteiger partial charge on any atom is 0.159 e. The Morgan fingerprint density at radius 3 is 2.50 bits per heavy atom. The quantitative estimate of drug-likeness (QED) is 0.753. The second-order valence-electron chi connectivity index (χ2n) is 6.04. The molecule has 0 bridgehead atoms. The zero-order valence-corrected chi connectivity index (χ0v) is 13.9. The topological polar surface area (TPSA) is 39.1 Å². The Kier molecular flexibility index (Phi) is 7.06. The van der Waals surface area contributed by atoms with Gasteiger partial charge in [-0.15, -0.1) is 0 Å². The van der Waals surface area contributed by atoms with Gasteiger partial charge in [-0.1, -0.05) is 20.8 Å². The molecule has 0 radical (unpaired) electrons. The van der Waals surface area contributed by atoms with E-state index in [0.29, 0.717) is 18.0 Å². The lowest BCUT2D eigenvalue weighted by Gasteiger charge is -2.23. The number of hydrogen-bond donors (Lipinski definition) is 1. The first-order valence-electron chi connectivity index (χ1n) is 7.84. The molecule has 4 nitrogen and oxygen atoms in total. The highest BCUT2D eigenvalue weighted by molar-refractivity contribution is 5.25. The first-order valence-corrected chi connectivity index (χ1v) is 7.84. The predicted molar refractivity (Wildman–Crippen MR) is 84.4 cm³/mol. The fourth-order valence-corrected chi connectivity index (χ4v) is 2.52. The van der Waals surface area contributed by atoms with E-state index in [1.807, 2.05) is 6.20 Å². The summed E-state index contributed by atoms with van der Waals surface area (Å²) in [5.74, 6) is 1.56. The van der Waals surface area contributed by atoms with Crippen molar-refractivity contribution in [3.63, 3.8) is 0 Å². The zero-order chi connectivity index (χ0) is 15.1. The molecule has 0 aliphatic heterocycles. The third-order valence-corrected chi connectivity index (χ3v) is 3.72. The molecule has 1 aromatic rings. The van der Waals surface area contributed by atoms with Crippen LogP contribution in [0.5, 0.6) is 5.75 Å². The van der Waals surface area contributed by atoms with Crippen LogP contribution in [0.15, 0.2) is 6.20 Å². The van der Waals surface area contributed by atoms with Crippen LogP contribution in [-0.2, 0) is 6.42 Å². The van der Waals surface area contributed by atoms with Gasteiger partial charge in [-0.2, -0.15) is 5.10 Å². The van der Waals surface area contributed by atoms with Gasteiger partial charge in [0.05, 0.1) is 19.0 Å². The molecule has 1 rings (SSSR count). The van der Waals surface area contributed by atoms with Gasteiger partial charge in [-0.05, 0) is 45.6 Å². The molecule has 0 fully saturated rings. The summed E-state index contributed by atoms with van der Waals surface area (Å²) >= 11 is 0. The maximum absolute atomic E-state index is 5.45. The molecule has 0 saturated heterocycles. The summed E-state index contributed by atoms with van der Waals surface area (Å²) in [5, 5.41) is 8.09. The van der Waals surface area contributed by atoms with Crippen molar-refractivity contribution in [2.45, 2.75) is 66.0 Å². The van der Waals surface area contributed by atoms with Gasteiger partial charge in [-0.3, -0.25) is 4.68 Å². The van der Waals surface area contributed by atoms with E-state index in [1.165, 1.54) is 12.1 Å². The van der Waals surface area contributed by atoms with Crippen molar-refractivity contribution in [1.29, 1.82) is 0 Å². The summed E-state index contributed by atoms with van der Waals surface area (Å²) in [6.45, 7) is 12.2. The molecular weight excluding hydrogens is 250 g/mol. The van der Waals surface area contributed by atoms with Crippen molar-refractivity contribution < 1.29 is 4.74 Å². The molecule has 0 amide bonds. The average molecular weight is 281 g/mol. The van der Waals surface area contributed by atoms with Crippen LogP contribution >= 0.6 is 0 Å². The molecular formula is C16H31N3O. The Morgan fingerprint density at radius 1 is 1.30 bits per heavy atom. The number of ether oxygens (including phenoxy) is 1. The summed E-state index contributed by atoms with van der Waals surface area (Å²) in [6, 6.07) is 0.921. The fourth-order valence-electron chi connectivity index (χ4n) is 2.52. The third kappa shape index (κ3) is 4.51. The largest absolute Gasteiger partial charge is 0.493 e. The van der Waals surface area contributed by atoms with Crippen molar-refractivity contribution in [3.05, 3.63) is 11.9 Å². The van der Waals surface area contributed by atoms with Crippen LogP contribution in [0.2, 0.25) is 0 Å². The Bertz CT molecular complexity index is 385. The summed E-state index contributed by atoms with van der Waals surface area (Å²) in [4.78, 5) is 0. The highest BCUT2D eigenvalue weighted by atomic mass is 16.5. The smallest absolute Gasteiger partial charge is 0.159 e. The molecule has 1 heterocycles. The van der Waals surface area contributed by atoms with Crippen molar-refractivity contribution in [2.24, 2.45) is 5.92 Å². The van der Waals surface area contributed by atoms with E-state index < -0.39 is 0 Å². The lowest BCUT2D eigenvalue weighted by Crippen LogP contribution is -2.35. The Balaban J connectivity index is 2.73. The number of nitrogens with one attached hydrogen (secondary N) is 1. The molecule has 116 valence electrons. The lowest BCUT2D eigenvalue weighted by molar-refractivity contribution is 0.364. The molecule has 0 aliphatic rings. The van der Waals surface area contributed by atoms with Gasteiger partial charge in [0, 0.05) is 12.1 Å².